The van der Waals surface area contributed by atoms with Gasteiger partial charge in [-0.2, -0.15) is 14.6 Å². The average Bonchev–Trinajstić information content (AvgIpc) is 2.88. The number of amides is 1. The first-order valence-corrected chi connectivity index (χ1v) is 11.9. The smallest absolute Gasteiger partial charge is 0.300 e. The number of halogens is 1. The molecule has 0 saturated heterocycles. The van der Waals surface area contributed by atoms with Gasteiger partial charge in [0.2, 0.25) is 5.91 Å². The topological polar surface area (TPSA) is 98.5 Å². The molecule has 0 bridgehead atoms. The van der Waals surface area contributed by atoms with Gasteiger partial charge in [-0.05, 0) is 48.5 Å². The van der Waals surface area contributed by atoms with Crippen LogP contribution in [0, 0.1) is 0 Å². The number of anilines is 1. The molecule has 0 aliphatic rings. The number of rotatable bonds is 6. The molecule has 0 spiro atoms. The van der Waals surface area contributed by atoms with Crippen molar-refractivity contribution >= 4 is 51.5 Å². The van der Waals surface area contributed by atoms with Crippen LogP contribution in [0.4, 0.5) is 5.69 Å². The predicted molar refractivity (Wildman–Crippen MR) is 137 cm³/mol. The number of ether oxygens (including phenoxy) is 1. The fourth-order valence-electron chi connectivity index (χ4n) is 3.51. The third-order valence-electron chi connectivity index (χ3n) is 5.20. The maximum absolute atomic E-state index is 12.9. The van der Waals surface area contributed by atoms with Gasteiger partial charge in [0.05, 0.1) is 29.1 Å². The van der Waals surface area contributed by atoms with Gasteiger partial charge in [0.1, 0.15) is 5.75 Å². The second kappa shape index (κ2) is 9.73. The maximum atomic E-state index is 12.9. The molecule has 0 unspecified atom stereocenters. The minimum atomic E-state index is -0.459. The molecule has 3 aromatic carbocycles. The highest BCUT2D eigenvalue weighted by Crippen LogP contribution is 2.26. The van der Waals surface area contributed by atoms with Crippen molar-refractivity contribution in [2.45, 2.75) is 5.16 Å². The lowest BCUT2D eigenvalue weighted by Crippen LogP contribution is -2.19. The Bertz CT molecular complexity index is 1620. The molecule has 0 radical (unpaired) electrons. The number of carbonyl (C=O) groups excluding carboxylic acids is 1. The molecule has 10 heteroatoms. The summed E-state index contributed by atoms with van der Waals surface area (Å²) in [5, 5.41) is 8.95. The normalized spacial score (nSPS) is 11.0. The maximum Gasteiger partial charge on any atom is 0.300 e. The van der Waals surface area contributed by atoms with Crippen molar-refractivity contribution in [1.29, 1.82) is 0 Å². The molecular formula is C25H18ClN5O3S. The molecule has 0 saturated carbocycles. The lowest BCUT2D eigenvalue weighted by Gasteiger charge is -2.11. The number of hydrogen-bond acceptors (Lipinski definition) is 7. The summed E-state index contributed by atoms with van der Waals surface area (Å²) in [5.74, 6) is 0.462. The van der Waals surface area contributed by atoms with Crippen LogP contribution in [0.2, 0.25) is 5.02 Å². The van der Waals surface area contributed by atoms with E-state index in [0.717, 1.165) is 0 Å². The Balaban J connectivity index is 1.55. The number of methoxy groups -OCH3 is 1. The molecule has 0 aliphatic heterocycles. The molecule has 1 amide bonds. The quantitative estimate of drug-likeness (QED) is 0.204. The van der Waals surface area contributed by atoms with Crippen molar-refractivity contribution in [3.63, 3.8) is 0 Å². The molecular weight excluding hydrogens is 486 g/mol. The van der Waals surface area contributed by atoms with Gasteiger partial charge >= 0.3 is 0 Å². The van der Waals surface area contributed by atoms with Crippen LogP contribution in [-0.2, 0) is 4.79 Å². The van der Waals surface area contributed by atoms with Crippen molar-refractivity contribution < 1.29 is 9.53 Å². The van der Waals surface area contributed by atoms with Gasteiger partial charge < -0.3 is 10.1 Å². The molecule has 5 aromatic rings. The summed E-state index contributed by atoms with van der Waals surface area (Å²) in [6.07, 6.45) is 0. The number of benzene rings is 3. The molecule has 2 aromatic heterocycles. The number of aromatic nitrogens is 4. The highest BCUT2D eigenvalue weighted by molar-refractivity contribution is 7.99. The lowest BCUT2D eigenvalue weighted by molar-refractivity contribution is -0.113. The zero-order chi connectivity index (χ0) is 24.4. The average molecular weight is 504 g/mol. The summed E-state index contributed by atoms with van der Waals surface area (Å²) in [6.45, 7) is 0. The van der Waals surface area contributed by atoms with Crippen molar-refractivity contribution in [3.05, 3.63) is 88.2 Å². The van der Waals surface area contributed by atoms with Crippen molar-refractivity contribution in [3.8, 4) is 17.0 Å². The predicted octanol–water partition coefficient (Wildman–Crippen LogP) is 4.70. The summed E-state index contributed by atoms with van der Waals surface area (Å²) in [5.41, 5.74) is 1.85. The van der Waals surface area contributed by atoms with E-state index in [-0.39, 0.29) is 17.4 Å². The Morgan fingerprint density at radius 1 is 1.03 bits per heavy atom. The first-order valence-electron chi connectivity index (χ1n) is 10.5. The number of para-hydroxylation sites is 2. The molecule has 35 heavy (non-hydrogen) atoms. The van der Waals surface area contributed by atoms with Crippen LogP contribution >= 0.6 is 23.4 Å². The van der Waals surface area contributed by atoms with Crippen molar-refractivity contribution in [2.24, 2.45) is 0 Å². The molecule has 0 aliphatic carbocycles. The summed E-state index contributed by atoms with van der Waals surface area (Å²) in [4.78, 5) is 34.6. The number of thioether (sulfide) groups is 1. The van der Waals surface area contributed by atoms with E-state index < -0.39 is 5.56 Å². The van der Waals surface area contributed by atoms with Gasteiger partial charge in [0, 0.05) is 10.9 Å². The summed E-state index contributed by atoms with van der Waals surface area (Å²) < 4.78 is 6.71. The second-order valence-corrected chi connectivity index (χ2v) is 8.81. The van der Waals surface area contributed by atoms with Gasteiger partial charge in [-0.15, -0.1) is 0 Å². The minimum Gasteiger partial charge on any atom is -0.497 e. The number of nitrogens with one attached hydrogen (secondary N) is 1. The van der Waals surface area contributed by atoms with E-state index >= 15 is 0 Å². The van der Waals surface area contributed by atoms with Crippen molar-refractivity contribution in [2.75, 3.05) is 18.2 Å². The van der Waals surface area contributed by atoms with Crippen LogP contribution in [0.25, 0.3) is 27.8 Å². The Hall–Kier alpha value is -3.95. The van der Waals surface area contributed by atoms with E-state index in [2.05, 4.69) is 20.4 Å². The summed E-state index contributed by atoms with van der Waals surface area (Å²) in [6, 6.07) is 21.4. The van der Waals surface area contributed by atoms with Crippen LogP contribution in [0.15, 0.2) is 82.7 Å². The molecule has 0 atom stereocenters. The minimum absolute atomic E-state index is 0.0529. The van der Waals surface area contributed by atoms with Crippen LogP contribution in [-0.4, -0.2) is 38.4 Å². The Kier molecular flexibility index (Phi) is 6.35. The Morgan fingerprint density at radius 3 is 2.54 bits per heavy atom. The van der Waals surface area contributed by atoms with Gasteiger partial charge in [-0.1, -0.05) is 47.6 Å². The molecule has 0 fully saturated rings. The zero-order valence-corrected chi connectivity index (χ0v) is 20.0. The Labute approximate surface area is 208 Å². The van der Waals surface area contributed by atoms with E-state index in [9.17, 15) is 9.59 Å². The highest BCUT2D eigenvalue weighted by Gasteiger charge is 2.16. The largest absolute Gasteiger partial charge is 0.497 e. The summed E-state index contributed by atoms with van der Waals surface area (Å²) >= 11 is 7.33. The molecule has 8 nitrogen and oxygen atoms in total. The standard InChI is InChI=1S/C25H18ClN5O3S/c1-34-16-12-10-15(11-13-16)22-24(33)29-23-17-6-2-4-8-19(17)28-25(31(23)30-22)35-14-21(32)27-20-9-5-3-7-18(20)26/h2-13H,14H2,1H3,(H,27,32). The highest BCUT2D eigenvalue weighted by atomic mass is 35.5. The third-order valence-corrected chi connectivity index (χ3v) is 6.46. The van der Waals surface area contributed by atoms with Gasteiger partial charge in [-0.3, -0.25) is 9.59 Å². The van der Waals surface area contributed by atoms with Crippen LogP contribution in [0.3, 0.4) is 0 Å². The van der Waals surface area contributed by atoms with Gasteiger partial charge in [0.25, 0.3) is 5.56 Å². The summed E-state index contributed by atoms with van der Waals surface area (Å²) in [7, 11) is 1.57. The zero-order valence-electron chi connectivity index (χ0n) is 18.4. The number of hydrogen-bond donors (Lipinski definition) is 1. The van der Waals surface area contributed by atoms with E-state index in [1.54, 1.807) is 55.6 Å². The van der Waals surface area contributed by atoms with E-state index in [4.69, 9.17) is 16.3 Å². The third kappa shape index (κ3) is 4.68. The monoisotopic (exact) mass is 503 g/mol. The number of carbonyl (C=O) groups is 1. The van der Waals surface area contributed by atoms with Crippen LogP contribution in [0.1, 0.15) is 0 Å². The lowest BCUT2D eigenvalue weighted by atomic mass is 10.1. The molecule has 5 rings (SSSR count). The van der Waals surface area contributed by atoms with Gasteiger partial charge in [0.15, 0.2) is 16.5 Å². The number of fused-ring (bicyclic) bond motifs is 3. The fraction of sp³-hybridized carbons (Fsp3) is 0.0800. The number of nitrogens with zero attached hydrogens (tertiary/aromatic N) is 4. The molecule has 1 N–H and O–H groups in total. The van der Waals surface area contributed by atoms with Crippen LogP contribution in [0.5, 0.6) is 5.75 Å². The van der Waals surface area contributed by atoms with Crippen molar-refractivity contribution in [1.82, 2.24) is 19.6 Å². The second-order valence-electron chi connectivity index (χ2n) is 7.46. The van der Waals surface area contributed by atoms with E-state index in [0.29, 0.717) is 43.7 Å². The Morgan fingerprint density at radius 2 is 1.77 bits per heavy atom. The van der Waals surface area contributed by atoms with E-state index in [1.165, 1.54) is 16.3 Å². The first kappa shape index (κ1) is 22.8. The SMILES string of the molecule is COc1ccc(-c2nn3c(SCC(=O)Nc4ccccc4Cl)nc4ccccc4c3nc2=O)cc1. The first-order chi connectivity index (χ1) is 17.0. The van der Waals surface area contributed by atoms with Gasteiger partial charge in [-0.25, -0.2) is 4.98 Å². The van der Waals surface area contributed by atoms with Crippen LogP contribution < -0.4 is 15.6 Å². The fourth-order valence-corrected chi connectivity index (χ4v) is 4.44. The molecule has 2 heterocycles. The molecule has 174 valence electrons. The van der Waals surface area contributed by atoms with E-state index in [1.807, 2.05) is 24.3 Å².